The zero-order valence-corrected chi connectivity index (χ0v) is 20.2. The van der Waals surface area contributed by atoms with Gasteiger partial charge in [0, 0.05) is 29.2 Å². The number of carbonyl (C=O) groups is 4. The van der Waals surface area contributed by atoms with Gasteiger partial charge in [0.25, 0.3) is 0 Å². The Morgan fingerprint density at radius 2 is 1.86 bits per heavy atom. The summed E-state index contributed by atoms with van der Waals surface area (Å²) in [6.07, 6.45) is -0.390. The Labute approximate surface area is 206 Å². The number of rotatable bonds is 9. The van der Waals surface area contributed by atoms with E-state index in [0.29, 0.717) is 30.0 Å². The van der Waals surface area contributed by atoms with Crippen molar-refractivity contribution in [3.05, 3.63) is 46.0 Å². The summed E-state index contributed by atoms with van der Waals surface area (Å²) in [6, 6.07) is 6.24. The van der Waals surface area contributed by atoms with Crippen molar-refractivity contribution in [2.75, 3.05) is 6.54 Å². The molecule has 0 spiro atoms. The summed E-state index contributed by atoms with van der Waals surface area (Å²) in [6.45, 7) is 4.26. The summed E-state index contributed by atoms with van der Waals surface area (Å²) in [5.41, 5.74) is 1.54. The van der Waals surface area contributed by atoms with E-state index in [2.05, 4.69) is 10.6 Å². The second-order valence-corrected chi connectivity index (χ2v) is 10.7. The number of carboxylic acid groups (broad SMARTS) is 2. The molecule has 0 unspecified atom stereocenters. The van der Waals surface area contributed by atoms with Crippen LogP contribution >= 0.6 is 11.8 Å². The van der Waals surface area contributed by atoms with E-state index in [1.165, 1.54) is 16.7 Å². The number of β-lactam (4-membered cyclic amide) rings is 1. The SMILES string of the molecule is C[C@@H](O)[C@H]1C(=O)N2C(C(=O)O)=C(S[C@@H]3CN[C@H](C(=O)NCc4ccc(CC(=O)O)cc4)C3)[C@H](C)[C@H]12. The Bertz CT molecular complexity index is 1070. The lowest BCUT2D eigenvalue weighted by Crippen LogP contribution is -2.63. The van der Waals surface area contributed by atoms with Gasteiger partial charge in [-0.2, -0.15) is 0 Å². The number of nitrogens with one attached hydrogen (secondary N) is 2. The molecule has 0 aliphatic carbocycles. The summed E-state index contributed by atoms with van der Waals surface area (Å²) in [5, 5.41) is 34.7. The Balaban J connectivity index is 1.34. The number of amides is 2. The van der Waals surface area contributed by atoms with Crippen molar-refractivity contribution in [3.63, 3.8) is 0 Å². The maximum absolute atomic E-state index is 12.7. The summed E-state index contributed by atoms with van der Waals surface area (Å²) in [7, 11) is 0. The Morgan fingerprint density at radius 1 is 1.20 bits per heavy atom. The molecule has 3 heterocycles. The number of hydrogen-bond acceptors (Lipinski definition) is 7. The molecule has 4 rings (SSSR count). The third-order valence-corrected chi connectivity index (χ3v) is 8.37. The van der Waals surface area contributed by atoms with Crippen LogP contribution in [-0.2, 0) is 32.1 Å². The molecule has 35 heavy (non-hydrogen) atoms. The van der Waals surface area contributed by atoms with Gasteiger partial charge in [0.15, 0.2) is 0 Å². The lowest BCUT2D eigenvalue weighted by atomic mass is 9.79. The molecule has 1 aromatic rings. The van der Waals surface area contributed by atoms with Crippen LogP contribution in [0.3, 0.4) is 0 Å². The third kappa shape index (κ3) is 4.93. The molecule has 10 nitrogen and oxygen atoms in total. The fourth-order valence-corrected chi connectivity index (χ4v) is 6.59. The molecule has 2 amide bonds. The van der Waals surface area contributed by atoms with Crippen LogP contribution < -0.4 is 10.6 Å². The Kier molecular flexibility index (Phi) is 7.20. The van der Waals surface area contributed by atoms with Crippen molar-refractivity contribution in [2.24, 2.45) is 11.8 Å². The first kappa shape index (κ1) is 25.2. The van der Waals surface area contributed by atoms with Gasteiger partial charge in [-0.3, -0.25) is 14.4 Å². The van der Waals surface area contributed by atoms with Crippen molar-refractivity contribution in [2.45, 2.75) is 56.7 Å². The van der Waals surface area contributed by atoms with Gasteiger partial charge in [0.05, 0.1) is 30.5 Å². The lowest BCUT2D eigenvalue weighted by Gasteiger charge is -2.46. The number of aliphatic carboxylic acids is 2. The average Bonchev–Trinajstić information content (AvgIpc) is 3.34. The van der Waals surface area contributed by atoms with E-state index in [1.54, 1.807) is 31.2 Å². The molecular formula is C24H29N3O7S. The van der Waals surface area contributed by atoms with Crippen LogP contribution in [0.4, 0.5) is 0 Å². The minimum atomic E-state index is -1.16. The zero-order chi connectivity index (χ0) is 25.4. The van der Waals surface area contributed by atoms with E-state index >= 15 is 0 Å². The van der Waals surface area contributed by atoms with Gasteiger partial charge in [-0.05, 0) is 24.5 Å². The summed E-state index contributed by atoms with van der Waals surface area (Å²) in [4.78, 5) is 49.9. The highest BCUT2D eigenvalue weighted by atomic mass is 32.2. The van der Waals surface area contributed by atoms with Gasteiger partial charge in [-0.25, -0.2) is 4.79 Å². The topological polar surface area (TPSA) is 156 Å². The van der Waals surface area contributed by atoms with Crippen LogP contribution in [0.25, 0.3) is 0 Å². The smallest absolute Gasteiger partial charge is 0.353 e. The maximum Gasteiger partial charge on any atom is 0.353 e. The number of nitrogens with zero attached hydrogens (tertiary/aromatic N) is 1. The molecule has 5 N–H and O–H groups in total. The van der Waals surface area contributed by atoms with Gasteiger partial charge in [-0.1, -0.05) is 31.2 Å². The van der Waals surface area contributed by atoms with Crippen molar-refractivity contribution < 1.29 is 34.5 Å². The highest BCUT2D eigenvalue weighted by molar-refractivity contribution is 8.03. The number of carbonyl (C=O) groups excluding carboxylic acids is 2. The fraction of sp³-hybridized carbons (Fsp3) is 0.500. The quantitative estimate of drug-likeness (QED) is 0.304. The summed E-state index contributed by atoms with van der Waals surface area (Å²) < 4.78 is 0. The van der Waals surface area contributed by atoms with Gasteiger partial charge >= 0.3 is 11.9 Å². The molecule has 0 bridgehead atoms. The predicted molar refractivity (Wildman–Crippen MR) is 127 cm³/mol. The van der Waals surface area contributed by atoms with Crippen LogP contribution in [0.15, 0.2) is 34.9 Å². The largest absolute Gasteiger partial charge is 0.481 e. The van der Waals surface area contributed by atoms with E-state index in [1.807, 2.05) is 6.92 Å². The van der Waals surface area contributed by atoms with Crippen LogP contribution in [0.1, 0.15) is 31.4 Å². The number of fused-ring (bicyclic) bond motifs is 1. The molecule has 188 valence electrons. The van der Waals surface area contributed by atoms with Gasteiger partial charge in [0.1, 0.15) is 5.70 Å². The standard InChI is InChI=1S/C24H29N3O7S/c1-11-19-18(12(2)28)23(32)27(19)20(24(33)34)21(11)35-15-8-16(25-10-15)22(31)26-9-14-5-3-13(4-6-14)7-17(29)30/h3-6,11-12,15-16,18-19,25,28H,7-10H2,1-2H3,(H,26,31)(H,29,30)(H,33,34)/t11-,12-,15+,16+,18-,19-/m1/s1. The molecule has 0 saturated carbocycles. The monoisotopic (exact) mass is 503 g/mol. The predicted octanol–water partition coefficient (Wildman–Crippen LogP) is 0.547. The lowest BCUT2D eigenvalue weighted by molar-refractivity contribution is -0.163. The van der Waals surface area contributed by atoms with Gasteiger partial charge in [-0.15, -0.1) is 11.8 Å². The second-order valence-electron chi connectivity index (χ2n) is 9.31. The minimum absolute atomic E-state index is 0.00588. The first-order chi connectivity index (χ1) is 16.6. The molecule has 11 heteroatoms. The van der Waals surface area contributed by atoms with Crippen LogP contribution in [0.2, 0.25) is 0 Å². The molecule has 6 atom stereocenters. The Hall–Kier alpha value is -2.89. The number of carboxylic acids is 2. The van der Waals surface area contributed by atoms with E-state index in [0.717, 1.165) is 5.56 Å². The fourth-order valence-electron chi connectivity index (χ4n) is 5.11. The van der Waals surface area contributed by atoms with Crippen LogP contribution in [0, 0.1) is 11.8 Å². The van der Waals surface area contributed by atoms with E-state index in [4.69, 9.17) is 5.11 Å². The molecule has 2 fully saturated rings. The third-order valence-electron chi connectivity index (χ3n) is 6.86. The van der Waals surface area contributed by atoms with E-state index in [-0.39, 0.29) is 41.1 Å². The number of aliphatic hydroxyl groups excluding tert-OH is 1. The zero-order valence-electron chi connectivity index (χ0n) is 19.4. The van der Waals surface area contributed by atoms with Crippen LogP contribution in [0.5, 0.6) is 0 Å². The number of aliphatic hydroxyl groups is 1. The number of thioether (sulfide) groups is 1. The molecule has 0 aromatic heterocycles. The minimum Gasteiger partial charge on any atom is -0.481 e. The molecule has 3 aliphatic heterocycles. The molecular weight excluding hydrogens is 474 g/mol. The summed E-state index contributed by atoms with van der Waals surface area (Å²) in [5.74, 6) is -3.39. The highest BCUT2D eigenvalue weighted by Gasteiger charge is 2.60. The Morgan fingerprint density at radius 3 is 2.46 bits per heavy atom. The first-order valence-electron chi connectivity index (χ1n) is 11.5. The summed E-state index contributed by atoms with van der Waals surface area (Å²) >= 11 is 1.40. The first-order valence-corrected chi connectivity index (χ1v) is 12.4. The molecule has 1 aromatic carbocycles. The molecule has 3 aliphatic rings. The van der Waals surface area contributed by atoms with E-state index < -0.39 is 30.0 Å². The van der Waals surface area contributed by atoms with Gasteiger partial charge in [0.2, 0.25) is 11.8 Å². The molecule has 0 radical (unpaired) electrons. The van der Waals surface area contributed by atoms with Gasteiger partial charge < -0.3 is 30.9 Å². The van der Waals surface area contributed by atoms with Crippen molar-refractivity contribution >= 4 is 35.5 Å². The molecule has 2 saturated heterocycles. The highest BCUT2D eigenvalue weighted by Crippen LogP contribution is 2.51. The number of hydrogen-bond donors (Lipinski definition) is 5. The van der Waals surface area contributed by atoms with Crippen molar-refractivity contribution in [3.8, 4) is 0 Å². The van der Waals surface area contributed by atoms with Crippen molar-refractivity contribution in [1.82, 2.24) is 15.5 Å². The normalized spacial score (nSPS) is 28.5. The van der Waals surface area contributed by atoms with Crippen molar-refractivity contribution in [1.29, 1.82) is 0 Å². The number of benzene rings is 1. The maximum atomic E-state index is 12.7. The van der Waals surface area contributed by atoms with Crippen LogP contribution in [-0.4, -0.2) is 74.0 Å². The van der Waals surface area contributed by atoms with E-state index in [9.17, 15) is 29.4 Å². The second kappa shape index (κ2) is 10.00. The average molecular weight is 504 g/mol.